The van der Waals surface area contributed by atoms with E-state index in [-0.39, 0.29) is 0 Å². The molecule has 0 unspecified atom stereocenters. The van der Waals surface area contributed by atoms with Gasteiger partial charge in [-0.15, -0.1) is 0 Å². The van der Waals surface area contributed by atoms with Crippen molar-refractivity contribution in [2.45, 2.75) is 0 Å². The van der Waals surface area contributed by atoms with E-state index in [4.69, 9.17) is 11.6 Å². The van der Waals surface area contributed by atoms with Crippen LogP contribution in [-0.4, -0.2) is 13.1 Å². The van der Waals surface area contributed by atoms with Gasteiger partial charge in [-0.3, -0.25) is 0 Å². The summed E-state index contributed by atoms with van der Waals surface area (Å²) in [6.45, 7) is 1.63. The van der Waals surface area contributed by atoms with Gasteiger partial charge in [-0.2, -0.15) is 0 Å². The fraction of sp³-hybridized carbons (Fsp3) is 0.500. The second kappa shape index (κ2) is 1.63. The molecule has 0 bridgehead atoms. The molecule has 0 fully saturated rings. The second-order valence-electron chi connectivity index (χ2n) is 1.19. The Bertz CT molecular complexity index is 77.6. The minimum atomic E-state index is 0.807. The monoisotopic (exact) mass is 102 g/mol. The molecule has 0 saturated carbocycles. The predicted molar refractivity (Wildman–Crippen MR) is 25.5 cm³/mol. The number of nitrogens with one attached hydrogen (secondary N) is 1. The van der Waals surface area contributed by atoms with Crippen LogP contribution < -0.4 is 5.32 Å². The lowest BCUT2D eigenvalue weighted by Gasteiger charge is -1.81. The highest BCUT2D eigenvalue weighted by Gasteiger charge is 1.96. The Labute approximate surface area is 42.0 Å². The highest BCUT2D eigenvalue weighted by molar-refractivity contribution is 6.29. The van der Waals surface area contributed by atoms with Gasteiger partial charge in [-0.25, -0.2) is 0 Å². The van der Waals surface area contributed by atoms with Crippen LogP contribution in [0.4, 0.5) is 0 Å². The smallest absolute Gasteiger partial charge is 0.0367 e. The van der Waals surface area contributed by atoms with E-state index in [0.717, 1.165) is 18.1 Å². The highest BCUT2D eigenvalue weighted by Crippen LogP contribution is 2.00. The van der Waals surface area contributed by atoms with E-state index in [0.29, 0.717) is 0 Å². The van der Waals surface area contributed by atoms with Gasteiger partial charge in [0.2, 0.25) is 0 Å². The molecule has 33 valence electrons. The van der Waals surface area contributed by atoms with Gasteiger partial charge in [-0.05, 0) is 6.08 Å². The Balaban J connectivity index is 2.45. The van der Waals surface area contributed by atoms with Crippen molar-refractivity contribution in [3.05, 3.63) is 11.1 Å². The Morgan fingerprint density at radius 3 is 2.83 bits per heavy atom. The summed E-state index contributed by atoms with van der Waals surface area (Å²) in [4.78, 5) is 0. The first kappa shape index (κ1) is 4.16. The SMILES string of the molecule is ClC1=[C]CNC1. The number of hydrogen-bond acceptors (Lipinski definition) is 1. The zero-order valence-corrected chi connectivity index (χ0v) is 4.05. The van der Waals surface area contributed by atoms with Gasteiger partial charge in [0, 0.05) is 18.1 Å². The van der Waals surface area contributed by atoms with E-state index in [9.17, 15) is 0 Å². The second-order valence-corrected chi connectivity index (χ2v) is 1.64. The van der Waals surface area contributed by atoms with Gasteiger partial charge in [0.1, 0.15) is 0 Å². The molecule has 0 atom stereocenters. The van der Waals surface area contributed by atoms with Crippen LogP contribution in [0.1, 0.15) is 0 Å². The molecular formula is C4H5ClN. The van der Waals surface area contributed by atoms with Gasteiger partial charge in [-0.1, -0.05) is 11.6 Å². The molecule has 1 N–H and O–H groups in total. The van der Waals surface area contributed by atoms with Crippen molar-refractivity contribution in [3.8, 4) is 0 Å². The van der Waals surface area contributed by atoms with Gasteiger partial charge in [0.05, 0.1) is 0 Å². The number of halogens is 1. The summed E-state index contributed by atoms with van der Waals surface area (Å²) in [6, 6.07) is 0. The Kier molecular flexibility index (Phi) is 1.13. The Morgan fingerprint density at radius 1 is 1.83 bits per heavy atom. The van der Waals surface area contributed by atoms with Crippen molar-refractivity contribution >= 4 is 11.6 Å². The minimum Gasteiger partial charge on any atom is -0.308 e. The molecule has 1 aliphatic heterocycles. The molecule has 0 amide bonds. The van der Waals surface area contributed by atoms with Crippen LogP contribution in [0.2, 0.25) is 0 Å². The van der Waals surface area contributed by atoms with E-state index in [2.05, 4.69) is 11.4 Å². The molecule has 1 radical (unpaired) electrons. The minimum absolute atomic E-state index is 0.807. The van der Waals surface area contributed by atoms with Crippen LogP contribution in [0, 0.1) is 6.08 Å². The molecule has 1 nitrogen and oxygen atoms in total. The average molecular weight is 103 g/mol. The first-order valence-electron chi connectivity index (χ1n) is 1.85. The third-order valence-corrected chi connectivity index (χ3v) is 0.953. The topological polar surface area (TPSA) is 12.0 Å². The Hall–Kier alpha value is -0.0100. The zero-order chi connectivity index (χ0) is 4.41. The molecule has 1 heterocycles. The molecule has 1 aliphatic rings. The summed E-state index contributed by atoms with van der Waals surface area (Å²) in [5.74, 6) is 0. The summed E-state index contributed by atoms with van der Waals surface area (Å²) in [6.07, 6.45) is 2.89. The normalized spacial score (nSPS) is 21.2. The third kappa shape index (κ3) is 0.730. The lowest BCUT2D eigenvalue weighted by Crippen LogP contribution is -2.06. The maximum atomic E-state index is 5.46. The Morgan fingerprint density at radius 2 is 2.67 bits per heavy atom. The fourth-order valence-corrected chi connectivity index (χ4v) is 0.554. The van der Waals surface area contributed by atoms with Crippen molar-refractivity contribution < 1.29 is 0 Å². The van der Waals surface area contributed by atoms with E-state index in [1.807, 2.05) is 0 Å². The molecular weight excluding hydrogens is 97.5 g/mol. The lowest BCUT2D eigenvalue weighted by molar-refractivity contribution is 0.882. The van der Waals surface area contributed by atoms with E-state index in [1.54, 1.807) is 0 Å². The third-order valence-electron chi connectivity index (χ3n) is 0.685. The molecule has 6 heavy (non-hydrogen) atoms. The fourth-order valence-electron chi connectivity index (χ4n) is 0.393. The van der Waals surface area contributed by atoms with Crippen LogP contribution in [-0.2, 0) is 0 Å². The molecule has 1 rings (SSSR count). The average Bonchev–Trinajstić information content (AvgIpc) is 1.86. The lowest BCUT2D eigenvalue weighted by atomic mass is 10.6. The summed E-state index contributed by atoms with van der Waals surface area (Å²) in [5, 5.41) is 3.81. The standard InChI is InChI=1S/C4H5ClN/c5-4-1-2-6-3-4/h6H,2-3H2. The maximum Gasteiger partial charge on any atom is 0.0367 e. The van der Waals surface area contributed by atoms with Crippen LogP contribution in [0.3, 0.4) is 0 Å². The zero-order valence-electron chi connectivity index (χ0n) is 3.29. The van der Waals surface area contributed by atoms with Gasteiger partial charge >= 0.3 is 0 Å². The summed E-state index contributed by atoms with van der Waals surface area (Å²) in [7, 11) is 0. The van der Waals surface area contributed by atoms with E-state index < -0.39 is 0 Å². The van der Waals surface area contributed by atoms with Gasteiger partial charge < -0.3 is 5.32 Å². The van der Waals surface area contributed by atoms with Crippen LogP contribution in [0.25, 0.3) is 0 Å². The van der Waals surface area contributed by atoms with Crippen molar-refractivity contribution in [2.24, 2.45) is 0 Å². The van der Waals surface area contributed by atoms with Crippen LogP contribution >= 0.6 is 11.6 Å². The van der Waals surface area contributed by atoms with Crippen molar-refractivity contribution in [1.29, 1.82) is 0 Å². The molecule has 0 saturated heterocycles. The van der Waals surface area contributed by atoms with Crippen molar-refractivity contribution in [2.75, 3.05) is 13.1 Å². The maximum absolute atomic E-state index is 5.46. The summed E-state index contributed by atoms with van der Waals surface area (Å²) < 4.78 is 0. The molecule has 0 aliphatic carbocycles. The quantitative estimate of drug-likeness (QED) is 0.470. The summed E-state index contributed by atoms with van der Waals surface area (Å²) >= 11 is 5.46. The molecule has 0 aromatic carbocycles. The van der Waals surface area contributed by atoms with Gasteiger partial charge in [0.15, 0.2) is 0 Å². The predicted octanol–water partition coefficient (Wildman–Crippen LogP) is 0.515. The molecule has 2 heteroatoms. The largest absolute Gasteiger partial charge is 0.308 e. The number of hydrogen-bond donors (Lipinski definition) is 1. The van der Waals surface area contributed by atoms with Crippen LogP contribution in [0.5, 0.6) is 0 Å². The first-order valence-corrected chi connectivity index (χ1v) is 2.23. The van der Waals surface area contributed by atoms with Crippen molar-refractivity contribution in [3.63, 3.8) is 0 Å². The molecule has 0 spiro atoms. The van der Waals surface area contributed by atoms with E-state index >= 15 is 0 Å². The summed E-state index contributed by atoms with van der Waals surface area (Å²) in [5.41, 5.74) is 0. The molecule has 0 aromatic rings. The highest BCUT2D eigenvalue weighted by atomic mass is 35.5. The van der Waals surface area contributed by atoms with Crippen molar-refractivity contribution in [1.82, 2.24) is 5.32 Å². The van der Waals surface area contributed by atoms with E-state index in [1.165, 1.54) is 0 Å². The van der Waals surface area contributed by atoms with Gasteiger partial charge in [0.25, 0.3) is 0 Å². The first-order chi connectivity index (χ1) is 2.89. The molecule has 0 aromatic heterocycles. The number of rotatable bonds is 0. The van der Waals surface area contributed by atoms with Crippen LogP contribution in [0.15, 0.2) is 5.03 Å².